The van der Waals surface area contributed by atoms with E-state index >= 15 is 0 Å². The van der Waals surface area contributed by atoms with Crippen molar-refractivity contribution in [2.75, 3.05) is 14.7 Å². The summed E-state index contributed by atoms with van der Waals surface area (Å²) in [6.45, 7) is 20.6. The van der Waals surface area contributed by atoms with Gasteiger partial charge in [-0.05, 0) is 168 Å². The summed E-state index contributed by atoms with van der Waals surface area (Å²) in [5, 5.41) is 4.78. The van der Waals surface area contributed by atoms with Crippen LogP contribution in [0.25, 0.3) is 42.1 Å². The Labute approximate surface area is 504 Å². The molecule has 15 rings (SSSR count). The first kappa shape index (κ1) is 52.7. The molecule has 11 aromatic carbocycles. The van der Waals surface area contributed by atoms with Gasteiger partial charge in [0, 0.05) is 82.7 Å². The number of para-hydroxylation sites is 1. The lowest BCUT2D eigenvalue weighted by molar-refractivity contribution is 0.590. The fraction of sp³-hybridized carbons (Fsp3) is 0.165. The number of furan rings is 1. The summed E-state index contributed by atoms with van der Waals surface area (Å²) in [7, 11) is 0. The standard InChI is InChI=1S/C79H68BN3OS/c1-77(2,3)53-28-34-56(35-29-53)81(59-41-43-72-63(46-59)61-24-16-18-26-71(61)84-72)60-40-42-65-67(47-60)82(57-36-30-54(31-37-57)78(4,5)6)69-44-52(75(50-20-12-10-13-21-50)51-22-14-11-15-23-51)45-70-76(69)80(65)66-48-64-62-25-17-19-27-73(62)85-74(64)49-68(66)83(70)58-38-32-55(33-39-58)79(7,8)9/h10-49,75H,1-9H3. The highest BCUT2D eigenvalue weighted by Gasteiger charge is 2.45. The van der Waals surface area contributed by atoms with Crippen molar-refractivity contribution in [1.82, 2.24) is 0 Å². The van der Waals surface area contributed by atoms with Gasteiger partial charge >= 0.3 is 0 Å². The fourth-order valence-corrected chi connectivity index (χ4v) is 14.7. The smallest absolute Gasteiger partial charge is 0.252 e. The largest absolute Gasteiger partial charge is 0.456 e. The Morgan fingerprint density at radius 1 is 0.365 bits per heavy atom. The van der Waals surface area contributed by atoms with Gasteiger partial charge < -0.3 is 19.1 Å². The van der Waals surface area contributed by atoms with Gasteiger partial charge in [0.1, 0.15) is 11.2 Å². The number of benzene rings is 11. The summed E-state index contributed by atoms with van der Waals surface area (Å²) in [5.74, 6) is -0.0719. The molecule has 2 aliphatic heterocycles. The van der Waals surface area contributed by atoms with Crippen molar-refractivity contribution in [3.63, 3.8) is 0 Å². The van der Waals surface area contributed by atoms with E-state index in [0.29, 0.717) is 0 Å². The Hall–Kier alpha value is -9.10. The lowest BCUT2D eigenvalue weighted by Crippen LogP contribution is -2.61. The van der Waals surface area contributed by atoms with Gasteiger partial charge in [0.05, 0.1) is 0 Å². The third-order valence-electron chi connectivity index (χ3n) is 18.0. The van der Waals surface area contributed by atoms with Crippen LogP contribution >= 0.6 is 11.3 Å². The zero-order valence-electron chi connectivity index (χ0n) is 49.9. The number of fused-ring (bicyclic) bond motifs is 10. The second kappa shape index (κ2) is 19.8. The summed E-state index contributed by atoms with van der Waals surface area (Å²) in [6.07, 6.45) is 0. The lowest BCUT2D eigenvalue weighted by atomic mass is 9.33. The van der Waals surface area contributed by atoms with E-state index in [1.807, 2.05) is 11.3 Å². The highest BCUT2D eigenvalue weighted by Crippen LogP contribution is 2.51. The molecule has 2 aliphatic rings. The molecule has 4 heterocycles. The third-order valence-corrected chi connectivity index (χ3v) is 19.2. The van der Waals surface area contributed by atoms with E-state index in [9.17, 15) is 0 Å². The number of hydrogen-bond acceptors (Lipinski definition) is 5. The summed E-state index contributed by atoms with van der Waals surface area (Å²) < 4.78 is 9.05. The molecule has 0 saturated carbocycles. The Morgan fingerprint density at radius 3 is 1.44 bits per heavy atom. The molecule has 0 atom stereocenters. The molecule has 2 aromatic heterocycles. The van der Waals surface area contributed by atoms with Crippen molar-refractivity contribution >= 4 is 128 Å². The van der Waals surface area contributed by atoms with E-state index in [1.165, 1.54) is 87.0 Å². The zero-order chi connectivity index (χ0) is 58.1. The van der Waals surface area contributed by atoms with Gasteiger partial charge in [-0.25, -0.2) is 0 Å². The van der Waals surface area contributed by atoms with Crippen LogP contribution in [0, 0.1) is 0 Å². The SMILES string of the molecule is CC(C)(C)c1ccc(N(c2ccc3c(c2)N(c2ccc(C(C)(C)C)cc2)c2cc(C(c4ccccc4)c4ccccc4)cc4c2B3c2cc3c(cc2N4c2ccc(C(C)(C)C)cc2)sc2ccccc23)c2ccc3oc4ccccc4c3c2)cc1. The van der Waals surface area contributed by atoms with E-state index in [4.69, 9.17) is 4.42 Å². The first-order valence-corrected chi connectivity index (χ1v) is 30.9. The van der Waals surface area contributed by atoms with Gasteiger partial charge in [0.2, 0.25) is 0 Å². The van der Waals surface area contributed by atoms with E-state index in [2.05, 4.69) is 320 Å². The number of hydrogen-bond donors (Lipinski definition) is 0. The van der Waals surface area contributed by atoms with Crippen LogP contribution in [-0.4, -0.2) is 6.71 Å². The molecule has 0 radical (unpaired) electrons. The minimum Gasteiger partial charge on any atom is -0.456 e. The second-order valence-corrected chi connectivity index (χ2v) is 27.7. The van der Waals surface area contributed by atoms with Crippen LogP contribution in [0.5, 0.6) is 0 Å². The second-order valence-electron chi connectivity index (χ2n) is 26.6. The summed E-state index contributed by atoms with van der Waals surface area (Å²) in [6, 6.07) is 91.9. The summed E-state index contributed by atoms with van der Waals surface area (Å²) in [5.41, 5.74) is 23.3. The first-order chi connectivity index (χ1) is 41.0. The molecule has 85 heavy (non-hydrogen) atoms. The molecule has 0 saturated heterocycles. The molecule has 0 unspecified atom stereocenters. The number of rotatable bonds is 8. The lowest BCUT2D eigenvalue weighted by Gasteiger charge is -2.45. The molecule has 414 valence electrons. The predicted octanol–water partition coefficient (Wildman–Crippen LogP) is 20.6. The Bertz CT molecular complexity index is 4670. The molecule has 6 heteroatoms. The van der Waals surface area contributed by atoms with Crippen molar-refractivity contribution in [2.45, 2.75) is 84.5 Å². The topological polar surface area (TPSA) is 22.9 Å². The molecule has 0 N–H and O–H groups in total. The first-order valence-electron chi connectivity index (χ1n) is 30.0. The van der Waals surface area contributed by atoms with Gasteiger partial charge in [0.25, 0.3) is 6.71 Å². The van der Waals surface area contributed by atoms with Gasteiger partial charge in [-0.2, -0.15) is 0 Å². The minimum absolute atomic E-state index is 0.0121. The number of nitrogens with zero attached hydrogens (tertiary/aromatic N) is 3. The van der Waals surface area contributed by atoms with E-state index in [-0.39, 0.29) is 28.9 Å². The van der Waals surface area contributed by atoms with E-state index < -0.39 is 0 Å². The van der Waals surface area contributed by atoms with Crippen LogP contribution in [0.4, 0.5) is 51.2 Å². The van der Waals surface area contributed by atoms with Crippen molar-refractivity contribution in [2.24, 2.45) is 0 Å². The van der Waals surface area contributed by atoms with Crippen LogP contribution < -0.4 is 31.1 Å². The van der Waals surface area contributed by atoms with Crippen molar-refractivity contribution in [3.8, 4) is 0 Å². The van der Waals surface area contributed by atoms with Crippen molar-refractivity contribution in [1.29, 1.82) is 0 Å². The maximum absolute atomic E-state index is 6.47. The Morgan fingerprint density at radius 2 is 0.847 bits per heavy atom. The fourth-order valence-electron chi connectivity index (χ4n) is 13.6. The highest BCUT2D eigenvalue weighted by molar-refractivity contribution is 7.26. The average molecular weight is 1120 g/mol. The number of anilines is 9. The summed E-state index contributed by atoms with van der Waals surface area (Å²) >= 11 is 1.89. The van der Waals surface area contributed by atoms with E-state index in [1.54, 1.807) is 0 Å². The maximum atomic E-state index is 6.47. The zero-order valence-corrected chi connectivity index (χ0v) is 50.7. The molecule has 0 fully saturated rings. The molecule has 0 amide bonds. The quantitative estimate of drug-likeness (QED) is 0.112. The Balaban J connectivity index is 1.05. The average Bonchev–Trinajstić information content (AvgIpc) is 1.17. The van der Waals surface area contributed by atoms with Crippen LogP contribution in [-0.2, 0) is 16.2 Å². The highest BCUT2D eigenvalue weighted by atomic mass is 32.1. The predicted molar refractivity (Wildman–Crippen MR) is 365 cm³/mol. The summed E-state index contributed by atoms with van der Waals surface area (Å²) in [4.78, 5) is 7.66. The van der Waals surface area contributed by atoms with Gasteiger partial charge in [-0.3, -0.25) is 0 Å². The molecular formula is C79H68BN3OS. The molecule has 0 bridgehead atoms. The van der Waals surface area contributed by atoms with Crippen LogP contribution in [0.1, 0.15) is 102 Å². The molecular weight excluding hydrogens is 1050 g/mol. The Kier molecular flexibility index (Phi) is 12.2. The minimum atomic E-state index is -0.128. The van der Waals surface area contributed by atoms with Gasteiger partial charge in [0.15, 0.2) is 0 Å². The molecule has 0 aliphatic carbocycles. The number of thiophene rings is 1. The molecule has 4 nitrogen and oxygen atoms in total. The van der Waals surface area contributed by atoms with Gasteiger partial charge in [-0.1, -0.05) is 208 Å². The van der Waals surface area contributed by atoms with Crippen LogP contribution in [0.15, 0.2) is 247 Å². The van der Waals surface area contributed by atoms with Crippen molar-refractivity contribution in [3.05, 3.63) is 276 Å². The van der Waals surface area contributed by atoms with Gasteiger partial charge in [-0.15, -0.1) is 11.3 Å². The van der Waals surface area contributed by atoms with Crippen molar-refractivity contribution < 1.29 is 4.42 Å². The van der Waals surface area contributed by atoms with E-state index in [0.717, 1.165) is 56.1 Å². The third kappa shape index (κ3) is 8.95. The van der Waals surface area contributed by atoms with Crippen LogP contribution in [0.2, 0.25) is 0 Å². The maximum Gasteiger partial charge on any atom is 0.252 e. The molecule has 0 spiro atoms. The normalized spacial score (nSPS) is 13.3. The molecule has 13 aromatic rings. The monoisotopic (exact) mass is 1120 g/mol. The van der Waals surface area contributed by atoms with Crippen LogP contribution in [0.3, 0.4) is 0 Å².